The molecule has 0 amide bonds. The minimum atomic E-state index is -0.215. The maximum absolute atomic E-state index is 11.7. The summed E-state index contributed by atoms with van der Waals surface area (Å²) < 4.78 is 5.37. The summed E-state index contributed by atoms with van der Waals surface area (Å²) in [6, 6.07) is 1.48. The van der Waals surface area contributed by atoms with Crippen molar-refractivity contribution in [2.45, 2.75) is 38.1 Å². The first-order valence-electron chi connectivity index (χ1n) is 6.72. The molecule has 4 N–H and O–H groups in total. The zero-order valence-corrected chi connectivity index (χ0v) is 11.5. The van der Waals surface area contributed by atoms with Crippen LogP contribution in [0.25, 0.3) is 0 Å². The lowest BCUT2D eigenvalue weighted by Gasteiger charge is -2.37. The molecule has 0 aliphatic carbocycles. The number of nitrogens with one attached hydrogen (secondary N) is 2. The van der Waals surface area contributed by atoms with Crippen molar-refractivity contribution >= 4 is 5.82 Å². The monoisotopic (exact) mass is 266 g/mol. The summed E-state index contributed by atoms with van der Waals surface area (Å²) >= 11 is 0. The van der Waals surface area contributed by atoms with E-state index in [2.05, 4.69) is 15.3 Å². The van der Waals surface area contributed by atoms with Gasteiger partial charge in [0.15, 0.2) is 0 Å². The summed E-state index contributed by atoms with van der Waals surface area (Å²) in [6.45, 7) is 5.86. The Morgan fingerprint density at radius 2 is 2.21 bits per heavy atom. The van der Waals surface area contributed by atoms with Crippen molar-refractivity contribution < 1.29 is 4.74 Å². The molecule has 2 rings (SSSR count). The molecule has 2 heterocycles. The Bertz CT molecular complexity index is 478. The summed E-state index contributed by atoms with van der Waals surface area (Å²) in [5, 5.41) is 3.34. The predicted octanol–water partition coefficient (Wildman–Crippen LogP) is 0.813. The Hall–Kier alpha value is -1.40. The fraction of sp³-hybridized carbons (Fsp3) is 0.692. The Balaban J connectivity index is 2.24. The lowest BCUT2D eigenvalue weighted by atomic mass is 9.90. The molecule has 1 fully saturated rings. The minimum Gasteiger partial charge on any atom is -0.381 e. The molecular formula is C13H22N4O2. The van der Waals surface area contributed by atoms with Crippen LogP contribution in [0.1, 0.15) is 38.4 Å². The van der Waals surface area contributed by atoms with E-state index in [1.807, 2.05) is 13.8 Å². The molecule has 19 heavy (non-hydrogen) atoms. The smallest absolute Gasteiger partial charge is 0.252 e. The van der Waals surface area contributed by atoms with Gasteiger partial charge in [-0.3, -0.25) is 4.79 Å². The van der Waals surface area contributed by atoms with Gasteiger partial charge in [-0.2, -0.15) is 0 Å². The number of hydrogen-bond donors (Lipinski definition) is 3. The van der Waals surface area contributed by atoms with Gasteiger partial charge in [-0.15, -0.1) is 0 Å². The van der Waals surface area contributed by atoms with E-state index in [-0.39, 0.29) is 17.0 Å². The first kappa shape index (κ1) is 14.0. The van der Waals surface area contributed by atoms with E-state index >= 15 is 0 Å². The average Bonchev–Trinajstić information content (AvgIpc) is 2.39. The predicted molar refractivity (Wildman–Crippen MR) is 74.4 cm³/mol. The maximum Gasteiger partial charge on any atom is 0.252 e. The standard InChI is InChI=1S/C13H22N4O2/c1-9(2)12-15-10(7-11(18)16-12)17-13(8-14)3-5-19-6-4-13/h7,9H,3-6,8,14H2,1-2H3,(H2,15,16,17,18). The van der Waals surface area contributed by atoms with Crippen molar-refractivity contribution in [3.05, 3.63) is 22.2 Å². The van der Waals surface area contributed by atoms with E-state index in [1.54, 1.807) is 0 Å². The van der Waals surface area contributed by atoms with E-state index in [4.69, 9.17) is 10.5 Å². The molecule has 0 spiro atoms. The molecule has 6 heteroatoms. The summed E-state index contributed by atoms with van der Waals surface area (Å²) in [6.07, 6.45) is 1.66. The van der Waals surface area contributed by atoms with E-state index in [1.165, 1.54) is 6.07 Å². The third-order valence-electron chi connectivity index (χ3n) is 3.54. The van der Waals surface area contributed by atoms with Crippen LogP contribution < -0.4 is 16.6 Å². The topological polar surface area (TPSA) is 93.0 Å². The van der Waals surface area contributed by atoms with Crippen LogP contribution in [-0.2, 0) is 4.74 Å². The Morgan fingerprint density at radius 1 is 1.53 bits per heavy atom. The van der Waals surface area contributed by atoms with Crippen LogP contribution in [0.3, 0.4) is 0 Å². The summed E-state index contributed by atoms with van der Waals surface area (Å²) in [7, 11) is 0. The van der Waals surface area contributed by atoms with Crippen molar-refractivity contribution in [1.82, 2.24) is 9.97 Å². The SMILES string of the molecule is CC(C)c1nc(NC2(CN)CCOCC2)cc(=O)[nH]1. The fourth-order valence-corrected chi connectivity index (χ4v) is 2.23. The number of H-pyrrole nitrogens is 1. The zero-order valence-electron chi connectivity index (χ0n) is 11.5. The normalized spacial score (nSPS) is 18.5. The number of rotatable bonds is 4. The number of nitrogens with two attached hydrogens (primary N) is 1. The molecule has 6 nitrogen and oxygen atoms in total. The highest BCUT2D eigenvalue weighted by atomic mass is 16.5. The molecule has 106 valence electrons. The van der Waals surface area contributed by atoms with Gasteiger partial charge in [0.05, 0.1) is 5.54 Å². The van der Waals surface area contributed by atoms with Gasteiger partial charge in [-0.1, -0.05) is 13.8 Å². The number of aromatic nitrogens is 2. The van der Waals surface area contributed by atoms with Gasteiger partial charge in [0, 0.05) is 31.7 Å². The van der Waals surface area contributed by atoms with E-state index in [9.17, 15) is 4.79 Å². The van der Waals surface area contributed by atoms with Gasteiger partial charge in [0.1, 0.15) is 11.6 Å². The van der Waals surface area contributed by atoms with Crippen molar-refractivity contribution in [2.75, 3.05) is 25.1 Å². The second kappa shape index (κ2) is 5.71. The lowest BCUT2D eigenvalue weighted by Crippen LogP contribution is -2.50. The highest BCUT2D eigenvalue weighted by Gasteiger charge is 2.31. The molecule has 0 saturated carbocycles. The summed E-state index contributed by atoms with van der Waals surface area (Å²) in [4.78, 5) is 18.9. The third kappa shape index (κ3) is 3.33. The second-order valence-electron chi connectivity index (χ2n) is 5.39. The summed E-state index contributed by atoms with van der Waals surface area (Å²) in [5.41, 5.74) is 5.54. The Labute approximate surface area is 112 Å². The van der Waals surface area contributed by atoms with Crippen LogP contribution in [0, 0.1) is 0 Å². The molecular weight excluding hydrogens is 244 g/mol. The summed E-state index contributed by atoms with van der Waals surface area (Å²) in [5.74, 6) is 1.46. The largest absolute Gasteiger partial charge is 0.381 e. The highest BCUT2D eigenvalue weighted by molar-refractivity contribution is 5.37. The van der Waals surface area contributed by atoms with Gasteiger partial charge < -0.3 is 20.8 Å². The van der Waals surface area contributed by atoms with Crippen molar-refractivity contribution in [1.29, 1.82) is 0 Å². The van der Waals surface area contributed by atoms with Crippen LogP contribution in [0.2, 0.25) is 0 Å². The first-order valence-corrected chi connectivity index (χ1v) is 6.72. The average molecular weight is 266 g/mol. The molecule has 0 unspecified atom stereocenters. The van der Waals surface area contributed by atoms with E-state index < -0.39 is 0 Å². The molecule has 0 radical (unpaired) electrons. The van der Waals surface area contributed by atoms with Gasteiger partial charge in [-0.05, 0) is 12.8 Å². The molecule has 0 atom stereocenters. The highest BCUT2D eigenvalue weighted by Crippen LogP contribution is 2.24. The van der Waals surface area contributed by atoms with Crippen LogP contribution in [0.5, 0.6) is 0 Å². The lowest BCUT2D eigenvalue weighted by molar-refractivity contribution is 0.0627. The molecule has 1 aliphatic rings. The Kier molecular flexibility index (Phi) is 4.21. The number of nitrogens with zero attached hydrogens (tertiary/aromatic N) is 1. The first-order chi connectivity index (χ1) is 9.04. The maximum atomic E-state index is 11.7. The van der Waals surface area contributed by atoms with Crippen molar-refractivity contribution in [3.8, 4) is 0 Å². The van der Waals surface area contributed by atoms with Crippen molar-refractivity contribution in [2.24, 2.45) is 5.73 Å². The number of anilines is 1. The van der Waals surface area contributed by atoms with E-state index in [0.29, 0.717) is 31.4 Å². The zero-order chi connectivity index (χ0) is 13.9. The van der Waals surface area contributed by atoms with Crippen LogP contribution >= 0.6 is 0 Å². The second-order valence-corrected chi connectivity index (χ2v) is 5.39. The van der Waals surface area contributed by atoms with E-state index in [0.717, 1.165) is 12.8 Å². The fourth-order valence-electron chi connectivity index (χ4n) is 2.23. The van der Waals surface area contributed by atoms with Crippen molar-refractivity contribution in [3.63, 3.8) is 0 Å². The van der Waals surface area contributed by atoms with Crippen LogP contribution in [-0.4, -0.2) is 35.3 Å². The minimum absolute atomic E-state index is 0.138. The number of hydrogen-bond acceptors (Lipinski definition) is 5. The Morgan fingerprint density at radius 3 is 2.79 bits per heavy atom. The van der Waals surface area contributed by atoms with Gasteiger partial charge >= 0.3 is 0 Å². The van der Waals surface area contributed by atoms with Gasteiger partial charge in [-0.25, -0.2) is 4.98 Å². The number of aromatic amines is 1. The molecule has 1 aliphatic heterocycles. The van der Waals surface area contributed by atoms with Crippen LogP contribution in [0.4, 0.5) is 5.82 Å². The molecule has 1 aromatic rings. The molecule has 0 aromatic carbocycles. The quantitative estimate of drug-likeness (QED) is 0.750. The van der Waals surface area contributed by atoms with Gasteiger partial charge in [0.2, 0.25) is 0 Å². The molecule has 1 saturated heterocycles. The molecule has 0 bridgehead atoms. The third-order valence-corrected chi connectivity index (χ3v) is 3.54. The molecule has 1 aromatic heterocycles. The number of ether oxygens (including phenoxy) is 1. The van der Waals surface area contributed by atoms with Crippen LogP contribution in [0.15, 0.2) is 10.9 Å². The van der Waals surface area contributed by atoms with Gasteiger partial charge in [0.25, 0.3) is 5.56 Å².